The van der Waals surface area contributed by atoms with Gasteiger partial charge < -0.3 is 10.2 Å². The third kappa shape index (κ3) is 3.39. The molecule has 1 heterocycles. The Morgan fingerprint density at radius 2 is 1.82 bits per heavy atom. The largest absolute Gasteiger partial charge is 0.508 e. The molecule has 2 nitrogen and oxygen atoms in total. The average molecular weight is 252 g/mol. The molecule has 0 saturated carbocycles. The van der Waals surface area contributed by atoms with Crippen molar-refractivity contribution in [2.45, 2.75) is 32.3 Å². The van der Waals surface area contributed by atoms with Crippen LogP contribution in [0, 0.1) is 5.41 Å². The van der Waals surface area contributed by atoms with Crippen LogP contribution in [-0.4, -0.2) is 27.3 Å². The van der Waals surface area contributed by atoms with Crippen molar-refractivity contribution in [2.24, 2.45) is 5.41 Å². The molecule has 0 amide bonds. The summed E-state index contributed by atoms with van der Waals surface area (Å²) in [7, 11) is 0. The first-order chi connectivity index (χ1) is 7.89. The van der Waals surface area contributed by atoms with Gasteiger partial charge in [-0.1, -0.05) is 26.0 Å². The zero-order valence-corrected chi connectivity index (χ0v) is 11.3. The Bertz CT molecular complexity index is 386. The van der Waals surface area contributed by atoms with Crippen LogP contribution in [0.4, 0.5) is 0 Å². The highest BCUT2D eigenvalue weighted by atomic mass is 32.2. The molecule has 1 saturated heterocycles. The number of phenols is 1. The van der Waals surface area contributed by atoms with Crippen LogP contribution in [0.2, 0.25) is 0 Å². The molecule has 1 aliphatic rings. The molecule has 17 heavy (non-hydrogen) atoms. The Morgan fingerprint density at radius 3 is 2.41 bits per heavy atom. The van der Waals surface area contributed by atoms with Crippen LogP contribution in [0.25, 0.3) is 0 Å². The smallest absolute Gasteiger partial charge is 0.115 e. The van der Waals surface area contributed by atoms with Crippen LogP contribution in [-0.2, 0) is 6.42 Å². The van der Waals surface area contributed by atoms with Gasteiger partial charge in [0.2, 0.25) is 0 Å². The molecule has 94 valence electrons. The fourth-order valence-corrected chi connectivity index (χ4v) is 3.96. The van der Waals surface area contributed by atoms with Gasteiger partial charge >= 0.3 is 0 Å². The van der Waals surface area contributed by atoms with Crippen molar-refractivity contribution in [3.8, 4) is 5.75 Å². The molecule has 1 unspecified atom stereocenters. The molecule has 1 aromatic carbocycles. The fourth-order valence-electron chi connectivity index (χ4n) is 2.62. The number of hydrogen-bond acceptors (Lipinski definition) is 3. The summed E-state index contributed by atoms with van der Waals surface area (Å²) in [5.74, 6) is 2.20. The average Bonchev–Trinajstić information content (AvgIpc) is 2.19. The van der Waals surface area contributed by atoms with E-state index in [1.807, 2.05) is 23.9 Å². The Kier molecular flexibility index (Phi) is 3.41. The second-order valence-corrected chi connectivity index (χ2v) is 6.89. The normalized spacial score (nSPS) is 27.9. The van der Waals surface area contributed by atoms with Crippen LogP contribution in [0.3, 0.4) is 0 Å². The number of hydrogen-bond donors (Lipinski definition) is 2. The van der Waals surface area contributed by atoms with Gasteiger partial charge in [0.05, 0.1) is 5.60 Å². The minimum atomic E-state index is -0.608. The highest BCUT2D eigenvalue weighted by molar-refractivity contribution is 7.99. The summed E-state index contributed by atoms with van der Waals surface area (Å²) in [6, 6.07) is 7.14. The first-order valence-electron chi connectivity index (χ1n) is 5.97. The standard InChI is InChI=1S/C14H20O2S/c1-13(2)8-14(16,10-17-9-13)7-11-3-5-12(15)6-4-11/h3-6,15-16H,7-10H2,1-2H3. The second-order valence-electron chi connectivity index (χ2n) is 5.90. The van der Waals surface area contributed by atoms with Crippen LogP contribution >= 0.6 is 11.8 Å². The van der Waals surface area contributed by atoms with Crippen LogP contribution in [0.1, 0.15) is 25.8 Å². The lowest BCUT2D eigenvalue weighted by Gasteiger charge is -2.41. The summed E-state index contributed by atoms with van der Waals surface area (Å²) in [6.07, 6.45) is 1.51. The van der Waals surface area contributed by atoms with E-state index < -0.39 is 5.60 Å². The summed E-state index contributed by atoms with van der Waals surface area (Å²) in [4.78, 5) is 0. The van der Waals surface area contributed by atoms with Crippen molar-refractivity contribution >= 4 is 11.8 Å². The molecule has 0 aromatic heterocycles. The molecule has 2 rings (SSSR count). The fraction of sp³-hybridized carbons (Fsp3) is 0.571. The van der Waals surface area contributed by atoms with Crippen molar-refractivity contribution in [1.29, 1.82) is 0 Å². The molecule has 1 fully saturated rings. The second kappa shape index (κ2) is 4.54. The van der Waals surface area contributed by atoms with Gasteiger partial charge in [-0.2, -0.15) is 11.8 Å². The quantitative estimate of drug-likeness (QED) is 0.850. The van der Waals surface area contributed by atoms with Crippen molar-refractivity contribution in [1.82, 2.24) is 0 Å². The van der Waals surface area contributed by atoms with E-state index in [0.29, 0.717) is 6.42 Å². The lowest BCUT2D eigenvalue weighted by atomic mass is 9.79. The van der Waals surface area contributed by atoms with E-state index in [-0.39, 0.29) is 11.2 Å². The number of phenolic OH excluding ortho intramolecular Hbond substituents is 1. The lowest BCUT2D eigenvalue weighted by Crippen LogP contribution is -2.44. The summed E-state index contributed by atoms with van der Waals surface area (Å²) in [5, 5.41) is 19.9. The van der Waals surface area contributed by atoms with Crippen LogP contribution < -0.4 is 0 Å². The summed E-state index contributed by atoms with van der Waals surface area (Å²) < 4.78 is 0. The van der Waals surface area contributed by atoms with Gasteiger partial charge in [-0.15, -0.1) is 0 Å². The molecule has 0 radical (unpaired) electrons. The van der Waals surface area contributed by atoms with Crippen molar-refractivity contribution < 1.29 is 10.2 Å². The van der Waals surface area contributed by atoms with Crippen molar-refractivity contribution in [2.75, 3.05) is 11.5 Å². The molecule has 0 spiro atoms. The van der Waals surface area contributed by atoms with E-state index in [2.05, 4.69) is 13.8 Å². The Balaban J connectivity index is 2.09. The summed E-state index contributed by atoms with van der Waals surface area (Å²) >= 11 is 1.83. The topological polar surface area (TPSA) is 40.5 Å². The summed E-state index contributed by atoms with van der Waals surface area (Å²) in [5.41, 5.74) is 0.682. The van der Waals surface area contributed by atoms with E-state index in [9.17, 15) is 10.2 Å². The summed E-state index contributed by atoms with van der Waals surface area (Å²) in [6.45, 7) is 4.42. The maximum absolute atomic E-state index is 10.6. The predicted octanol–water partition coefficient (Wildman–Crippen LogP) is 2.83. The highest BCUT2D eigenvalue weighted by Gasteiger charge is 2.38. The third-order valence-electron chi connectivity index (χ3n) is 3.14. The van der Waals surface area contributed by atoms with E-state index in [0.717, 1.165) is 23.5 Å². The molecule has 1 atom stereocenters. The number of aliphatic hydroxyl groups is 1. The maximum Gasteiger partial charge on any atom is 0.115 e. The molecule has 1 aliphatic heterocycles. The zero-order valence-electron chi connectivity index (χ0n) is 10.4. The van der Waals surface area contributed by atoms with E-state index in [1.54, 1.807) is 12.1 Å². The van der Waals surface area contributed by atoms with Gasteiger partial charge in [-0.05, 0) is 35.3 Å². The first-order valence-corrected chi connectivity index (χ1v) is 7.12. The minimum Gasteiger partial charge on any atom is -0.508 e. The number of benzene rings is 1. The number of rotatable bonds is 2. The van der Waals surface area contributed by atoms with Gasteiger partial charge in [-0.25, -0.2) is 0 Å². The van der Waals surface area contributed by atoms with Gasteiger partial charge in [0.1, 0.15) is 5.75 Å². The molecular formula is C14H20O2S. The lowest BCUT2D eigenvalue weighted by molar-refractivity contribution is 0.0200. The Hall–Kier alpha value is -0.670. The van der Waals surface area contributed by atoms with Gasteiger partial charge in [0, 0.05) is 12.2 Å². The van der Waals surface area contributed by atoms with Crippen molar-refractivity contribution in [3.63, 3.8) is 0 Å². The predicted molar refractivity (Wildman–Crippen MR) is 72.5 cm³/mol. The van der Waals surface area contributed by atoms with Gasteiger partial charge in [0.15, 0.2) is 0 Å². The van der Waals surface area contributed by atoms with E-state index in [1.165, 1.54) is 0 Å². The number of aromatic hydroxyl groups is 1. The Labute approximate surface area is 107 Å². The molecule has 1 aromatic rings. The van der Waals surface area contributed by atoms with E-state index >= 15 is 0 Å². The Morgan fingerprint density at radius 1 is 1.18 bits per heavy atom. The monoisotopic (exact) mass is 252 g/mol. The van der Waals surface area contributed by atoms with Crippen LogP contribution in [0.5, 0.6) is 5.75 Å². The molecule has 2 N–H and O–H groups in total. The number of thioether (sulfide) groups is 1. The minimum absolute atomic E-state index is 0.203. The third-order valence-corrected chi connectivity index (χ3v) is 4.87. The molecular weight excluding hydrogens is 232 g/mol. The molecule has 0 aliphatic carbocycles. The van der Waals surface area contributed by atoms with Gasteiger partial charge in [-0.3, -0.25) is 0 Å². The van der Waals surface area contributed by atoms with E-state index in [4.69, 9.17) is 0 Å². The molecule has 0 bridgehead atoms. The zero-order chi connectivity index (χ0) is 12.5. The first kappa shape index (κ1) is 12.8. The maximum atomic E-state index is 10.6. The van der Waals surface area contributed by atoms with Crippen LogP contribution in [0.15, 0.2) is 24.3 Å². The SMILES string of the molecule is CC1(C)CSCC(O)(Cc2ccc(O)cc2)C1. The highest BCUT2D eigenvalue weighted by Crippen LogP contribution is 2.40. The molecule has 3 heteroatoms. The van der Waals surface area contributed by atoms with Gasteiger partial charge in [0.25, 0.3) is 0 Å². The van der Waals surface area contributed by atoms with Crippen molar-refractivity contribution in [3.05, 3.63) is 29.8 Å².